The highest BCUT2D eigenvalue weighted by atomic mass is 16.1. The minimum atomic E-state index is 0.0306. The van der Waals surface area contributed by atoms with Crippen molar-refractivity contribution in [2.45, 2.75) is 45.4 Å². The summed E-state index contributed by atoms with van der Waals surface area (Å²) in [6.45, 7) is 2.26. The predicted octanol–water partition coefficient (Wildman–Crippen LogP) is 3.72. The van der Waals surface area contributed by atoms with Crippen LogP contribution in [0.2, 0.25) is 0 Å². The molecule has 3 aromatic rings. The quantitative estimate of drug-likeness (QED) is 0.738. The number of H-pyrrole nitrogens is 1. The average Bonchev–Trinajstić information content (AvgIpc) is 2.99. The number of aryl methyl sites for hydroxylation is 1. The van der Waals surface area contributed by atoms with E-state index in [0.29, 0.717) is 6.67 Å². The fraction of sp³-hybridized carbons (Fsp3) is 0.318. The van der Waals surface area contributed by atoms with Gasteiger partial charge in [-0.05, 0) is 36.8 Å². The van der Waals surface area contributed by atoms with E-state index in [0.717, 1.165) is 31.6 Å². The van der Waals surface area contributed by atoms with Crippen molar-refractivity contribution in [3.63, 3.8) is 0 Å². The number of fused-ring (bicyclic) bond motifs is 1. The normalized spacial score (nSPS) is 13.7. The Labute approximate surface area is 154 Å². The van der Waals surface area contributed by atoms with Crippen molar-refractivity contribution >= 4 is 0 Å². The van der Waals surface area contributed by atoms with Crippen LogP contribution in [0.15, 0.2) is 65.5 Å². The van der Waals surface area contributed by atoms with Crippen molar-refractivity contribution < 1.29 is 0 Å². The fourth-order valence-corrected chi connectivity index (χ4v) is 3.83. The molecule has 134 valence electrons. The Morgan fingerprint density at radius 1 is 0.846 bits per heavy atom. The zero-order chi connectivity index (χ0) is 17.8. The van der Waals surface area contributed by atoms with Crippen molar-refractivity contribution in [1.82, 2.24) is 14.5 Å². The van der Waals surface area contributed by atoms with Crippen LogP contribution in [-0.2, 0) is 32.6 Å². The topological polar surface area (TPSA) is 41.0 Å². The minimum Gasteiger partial charge on any atom is -0.310 e. The Morgan fingerprint density at radius 3 is 2.04 bits per heavy atom. The second-order valence-corrected chi connectivity index (χ2v) is 7.09. The molecule has 1 N–H and O–H groups in total. The highest BCUT2D eigenvalue weighted by molar-refractivity contribution is 5.18. The molecule has 2 aromatic carbocycles. The summed E-state index contributed by atoms with van der Waals surface area (Å²) in [7, 11) is 0. The van der Waals surface area contributed by atoms with Crippen molar-refractivity contribution in [3.05, 3.63) is 93.7 Å². The predicted molar refractivity (Wildman–Crippen MR) is 104 cm³/mol. The van der Waals surface area contributed by atoms with Gasteiger partial charge in [0.1, 0.15) is 0 Å². The maximum absolute atomic E-state index is 12.5. The first-order chi connectivity index (χ1) is 12.8. The maximum atomic E-state index is 12.5. The van der Waals surface area contributed by atoms with Gasteiger partial charge in [0.2, 0.25) is 0 Å². The summed E-state index contributed by atoms with van der Waals surface area (Å²) in [6, 6.07) is 20.9. The van der Waals surface area contributed by atoms with Gasteiger partial charge in [-0.2, -0.15) is 0 Å². The molecule has 0 spiro atoms. The third-order valence-corrected chi connectivity index (χ3v) is 5.11. The molecule has 0 fully saturated rings. The van der Waals surface area contributed by atoms with Crippen LogP contribution in [0.5, 0.6) is 0 Å². The summed E-state index contributed by atoms with van der Waals surface area (Å²) in [5.74, 6) is 0. The highest BCUT2D eigenvalue weighted by Gasteiger charge is 2.19. The number of benzene rings is 2. The number of aromatic nitrogens is 2. The number of nitrogens with zero attached hydrogens (tertiary/aromatic N) is 2. The molecule has 4 nitrogen and oxygen atoms in total. The molecule has 4 rings (SSSR count). The molecular formula is C22H25N3O. The van der Waals surface area contributed by atoms with Crippen LogP contribution in [0.3, 0.4) is 0 Å². The van der Waals surface area contributed by atoms with Crippen molar-refractivity contribution in [3.8, 4) is 0 Å². The third-order valence-electron chi connectivity index (χ3n) is 5.11. The number of hydrogen-bond donors (Lipinski definition) is 1. The van der Waals surface area contributed by atoms with E-state index in [2.05, 4.69) is 58.4 Å². The molecule has 0 amide bonds. The van der Waals surface area contributed by atoms with Gasteiger partial charge in [0.05, 0.1) is 6.67 Å². The number of nitrogens with one attached hydrogen (secondary N) is 1. The van der Waals surface area contributed by atoms with Crippen LogP contribution in [0, 0.1) is 0 Å². The molecule has 4 heteroatoms. The zero-order valence-electron chi connectivity index (χ0n) is 15.0. The molecule has 0 unspecified atom stereocenters. The van der Waals surface area contributed by atoms with Gasteiger partial charge in [0.15, 0.2) is 0 Å². The number of rotatable bonds is 6. The van der Waals surface area contributed by atoms with E-state index in [4.69, 9.17) is 0 Å². The first-order valence-corrected chi connectivity index (χ1v) is 9.40. The molecule has 1 heterocycles. The molecule has 0 atom stereocenters. The molecule has 0 saturated carbocycles. The van der Waals surface area contributed by atoms with Crippen LogP contribution in [-0.4, -0.2) is 14.5 Å². The molecule has 1 aliphatic rings. The van der Waals surface area contributed by atoms with Crippen LogP contribution < -0.4 is 5.69 Å². The first kappa shape index (κ1) is 16.9. The van der Waals surface area contributed by atoms with Crippen LogP contribution in [0.1, 0.15) is 35.4 Å². The van der Waals surface area contributed by atoms with Crippen molar-refractivity contribution in [1.29, 1.82) is 0 Å². The smallest absolute Gasteiger partial charge is 0.310 e. The molecular weight excluding hydrogens is 322 g/mol. The number of imidazole rings is 1. The molecule has 0 aliphatic heterocycles. The second kappa shape index (κ2) is 7.75. The van der Waals surface area contributed by atoms with Crippen LogP contribution in [0.4, 0.5) is 0 Å². The fourth-order valence-electron chi connectivity index (χ4n) is 3.83. The lowest BCUT2D eigenvalue weighted by Gasteiger charge is -2.24. The lowest BCUT2D eigenvalue weighted by atomic mass is 10.0. The molecule has 26 heavy (non-hydrogen) atoms. The SMILES string of the molecule is O=c1[nH]c2c(n1CN(Cc1ccccc1)Cc1ccccc1)CCCC2. The van der Waals surface area contributed by atoms with Gasteiger partial charge in [0.25, 0.3) is 0 Å². The van der Waals surface area contributed by atoms with E-state index >= 15 is 0 Å². The van der Waals surface area contributed by atoms with Crippen LogP contribution in [0.25, 0.3) is 0 Å². The van der Waals surface area contributed by atoms with Gasteiger partial charge in [-0.3, -0.25) is 9.47 Å². The summed E-state index contributed by atoms with van der Waals surface area (Å²) in [5, 5.41) is 0. The van der Waals surface area contributed by atoms with Crippen molar-refractivity contribution in [2.75, 3.05) is 0 Å². The zero-order valence-corrected chi connectivity index (χ0v) is 15.0. The van der Waals surface area contributed by atoms with Crippen LogP contribution >= 0.6 is 0 Å². The van der Waals surface area contributed by atoms with E-state index in [1.54, 1.807) is 0 Å². The highest BCUT2D eigenvalue weighted by Crippen LogP contribution is 2.19. The van der Waals surface area contributed by atoms with Crippen molar-refractivity contribution in [2.24, 2.45) is 0 Å². The van der Waals surface area contributed by atoms with E-state index in [1.807, 2.05) is 16.7 Å². The molecule has 0 saturated heterocycles. The van der Waals surface area contributed by atoms with Gasteiger partial charge in [-0.25, -0.2) is 4.79 Å². The standard InChI is InChI=1S/C22H25N3O/c26-22-23-20-13-7-8-14-21(20)25(22)17-24(15-18-9-3-1-4-10-18)16-19-11-5-2-6-12-19/h1-6,9-12H,7-8,13-17H2,(H,23,26). The lowest BCUT2D eigenvalue weighted by molar-refractivity contribution is 0.194. The van der Waals surface area contributed by atoms with Gasteiger partial charge in [-0.15, -0.1) is 0 Å². The monoisotopic (exact) mass is 347 g/mol. The lowest BCUT2D eigenvalue weighted by Crippen LogP contribution is -2.32. The summed E-state index contributed by atoms with van der Waals surface area (Å²) in [5.41, 5.74) is 4.90. The van der Waals surface area contributed by atoms with E-state index in [-0.39, 0.29) is 5.69 Å². The van der Waals surface area contributed by atoms with Gasteiger partial charge >= 0.3 is 5.69 Å². The molecule has 0 bridgehead atoms. The van der Waals surface area contributed by atoms with E-state index in [9.17, 15) is 4.79 Å². The summed E-state index contributed by atoms with van der Waals surface area (Å²) < 4.78 is 1.94. The molecule has 0 radical (unpaired) electrons. The molecule has 1 aromatic heterocycles. The summed E-state index contributed by atoms with van der Waals surface area (Å²) in [4.78, 5) is 17.9. The third kappa shape index (κ3) is 3.81. The number of aromatic amines is 1. The first-order valence-electron chi connectivity index (χ1n) is 9.40. The van der Waals surface area contributed by atoms with E-state index in [1.165, 1.54) is 29.7 Å². The Morgan fingerprint density at radius 2 is 1.42 bits per heavy atom. The largest absolute Gasteiger partial charge is 0.327 e. The second-order valence-electron chi connectivity index (χ2n) is 7.09. The maximum Gasteiger partial charge on any atom is 0.327 e. The van der Waals surface area contributed by atoms with Gasteiger partial charge in [0, 0.05) is 24.5 Å². The average molecular weight is 347 g/mol. The number of hydrogen-bond acceptors (Lipinski definition) is 2. The Balaban J connectivity index is 1.60. The molecule has 1 aliphatic carbocycles. The minimum absolute atomic E-state index is 0.0306. The Bertz CT molecular complexity index is 855. The summed E-state index contributed by atoms with van der Waals surface area (Å²) >= 11 is 0. The summed E-state index contributed by atoms with van der Waals surface area (Å²) in [6.07, 6.45) is 4.33. The Kier molecular flexibility index (Phi) is 5.02. The van der Waals surface area contributed by atoms with Gasteiger partial charge < -0.3 is 4.98 Å². The van der Waals surface area contributed by atoms with E-state index < -0.39 is 0 Å². The van der Waals surface area contributed by atoms with Gasteiger partial charge in [-0.1, -0.05) is 60.7 Å². The Hall–Kier alpha value is -2.59.